The van der Waals surface area contributed by atoms with Crippen molar-refractivity contribution in [2.75, 3.05) is 20.2 Å². The first-order valence-corrected chi connectivity index (χ1v) is 7.77. The fourth-order valence-corrected chi connectivity index (χ4v) is 2.49. The third-order valence-electron chi connectivity index (χ3n) is 3.81. The van der Waals surface area contributed by atoms with Gasteiger partial charge in [-0.2, -0.15) is 0 Å². The number of likely N-dealkylation sites (tertiary alicyclic amines) is 1. The van der Waals surface area contributed by atoms with Crippen molar-refractivity contribution in [1.29, 1.82) is 0 Å². The van der Waals surface area contributed by atoms with Crippen LogP contribution in [0.1, 0.15) is 59.3 Å². The Morgan fingerprint density at radius 2 is 1.68 bits per heavy atom. The molecule has 1 saturated carbocycles. The maximum atomic E-state index is 11.2. The molecule has 0 aromatic rings. The maximum Gasteiger partial charge on any atom is 0.219 e. The number of rotatable bonds is 3. The molecule has 19 heavy (non-hydrogen) atoms. The van der Waals surface area contributed by atoms with E-state index in [-0.39, 0.29) is 5.91 Å². The number of nitrogens with one attached hydrogen (secondary N) is 1. The van der Waals surface area contributed by atoms with Crippen molar-refractivity contribution in [3.63, 3.8) is 0 Å². The predicted molar refractivity (Wildman–Crippen MR) is 80.2 cm³/mol. The minimum absolute atomic E-state index is 0.206. The van der Waals surface area contributed by atoms with Gasteiger partial charge in [-0.3, -0.25) is 4.79 Å². The Morgan fingerprint density at radius 1 is 1.16 bits per heavy atom. The van der Waals surface area contributed by atoms with Gasteiger partial charge in [0.15, 0.2) is 0 Å². The van der Waals surface area contributed by atoms with Gasteiger partial charge in [-0.1, -0.05) is 27.2 Å². The summed E-state index contributed by atoms with van der Waals surface area (Å²) in [5.41, 5.74) is 0. The quantitative estimate of drug-likeness (QED) is 0.828. The van der Waals surface area contributed by atoms with Crippen LogP contribution < -0.4 is 5.32 Å². The van der Waals surface area contributed by atoms with E-state index in [1.54, 1.807) is 0 Å². The molecule has 2 aliphatic rings. The number of aliphatic hydroxyl groups excluding tert-OH is 1. The Bertz CT molecular complexity index is 222. The highest BCUT2D eigenvalue weighted by molar-refractivity contribution is 5.75. The lowest BCUT2D eigenvalue weighted by molar-refractivity contribution is -0.121. The minimum Gasteiger partial charge on any atom is -0.400 e. The topological polar surface area (TPSA) is 52.6 Å². The van der Waals surface area contributed by atoms with E-state index in [1.165, 1.54) is 32.4 Å². The molecule has 0 aromatic heterocycles. The molecule has 1 aliphatic carbocycles. The number of aliphatic hydroxyl groups is 1. The van der Waals surface area contributed by atoms with Crippen LogP contribution in [-0.2, 0) is 4.79 Å². The summed E-state index contributed by atoms with van der Waals surface area (Å²) in [7, 11) is 1.00. The van der Waals surface area contributed by atoms with Gasteiger partial charge in [0, 0.05) is 38.7 Å². The van der Waals surface area contributed by atoms with Crippen molar-refractivity contribution in [2.45, 2.75) is 71.4 Å². The van der Waals surface area contributed by atoms with Crippen LogP contribution in [0, 0.1) is 0 Å². The molecule has 0 spiro atoms. The standard InChI is InChI=1S/C12H22N2O.C2H6.CH4O/c1-2-12(15)13-10-6-8-14(9-7-10)11-4-3-5-11;2*1-2/h10-11H,2-9H2,1H3,(H,13,15);1-2H3;2H,1H3. The van der Waals surface area contributed by atoms with Crippen molar-refractivity contribution < 1.29 is 9.90 Å². The van der Waals surface area contributed by atoms with Crippen LogP contribution in [0.5, 0.6) is 0 Å². The molecule has 1 amide bonds. The Kier molecular flexibility index (Phi) is 10.9. The number of hydrogen-bond donors (Lipinski definition) is 2. The van der Waals surface area contributed by atoms with Crippen molar-refractivity contribution in [3.05, 3.63) is 0 Å². The van der Waals surface area contributed by atoms with Crippen molar-refractivity contribution in [1.82, 2.24) is 10.2 Å². The van der Waals surface area contributed by atoms with Crippen LogP contribution in [0.4, 0.5) is 0 Å². The molecule has 0 radical (unpaired) electrons. The van der Waals surface area contributed by atoms with Gasteiger partial charge in [-0.25, -0.2) is 0 Å². The molecule has 0 aromatic carbocycles. The van der Waals surface area contributed by atoms with Gasteiger partial charge in [-0.05, 0) is 25.7 Å². The van der Waals surface area contributed by atoms with Crippen molar-refractivity contribution in [2.24, 2.45) is 0 Å². The molecule has 2 N–H and O–H groups in total. The first-order chi connectivity index (χ1) is 9.29. The van der Waals surface area contributed by atoms with E-state index >= 15 is 0 Å². The lowest BCUT2D eigenvalue weighted by Crippen LogP contribution is -2.49. The molecule has 4 nitrogen and oxygen atoms in total. The molecule has 1 heterocycles. The first kappa shape index (κ1) is 18.4. The predicted octanol–water partition coefficient (Wildman–Crippen LogP) is 2.16. The average Bonchev–Trinajstić information content (AvgIpc) is 2.43. The van der Waals surface area contributed by atoms with Crippen LogP contribution in [0.2, 0.25) is 0 Å². The van der Waals surface area contributed by atoms with Crippen LogP contribution in [0.15, 0.2) is 0 Å². The summed E-state index contributed by atoms with van der Waals surface area (Å²) < 4.78 is 0. The highest BCUT2D eigenvalue weighted by atomic mass is 16.2. The monoisotopic (exact) mass is 272 g/mol. The fraction of sp³-hybridized carbons (Fsp3) is 0.933. The molecule has 2 rings (SSSR count). The molecular weight excluding hydrogens is 240 g/mol. The zero-order valence-electron chi connectivity index (χ0n) is 13.1. The zero-order valence-corrected chi connectivity index (χ0v) is 13.1. The summed E-state index contributed by atoms with van der Waals surface area (Å²) in [6.45, 7) is 8.28. The second-order valence-corrected chi connectivity index (χ2v) is 4.82. The molecule has 0 atom stereocenters. The maximum absolute atomic E-state index is 11.2. The van der Waals surface area contributed by atoms with Gasteiger partial charge < -0.3 is 15.3 Å². The number of piperidine rings is 1. The Balaban J connectivity index is 0.000000741. The van der Waals surface area contributed by atoms with E-state index in [9.17, 15) is 4.79 Å². The highest BCUT2D eigenvalue weighted by Gasteiger charge is 2.28. The van der Waals surface area contributed by atoms with Crippen LogP contribution >= 0.6 is 0 Å². The molecule has 0 unspecified atom stereocenters. The van der Waals surface area contributed by atoms with Gasteiger partial charge >= 0.3 is 0 Å². The SMILES string of the molecule is CC.CCC(=O)NC1CCN(C2CCC2)CC1.CO. The third-order valence-corrected chi connectivity index (χ3v) is 3.81. The van der Waals surface area contributed by atoms with Gasteiger partial charge in [0.05, 0.1) is 0 Å². The van der Waals surface area contributed by atoms with E-state index in [1.807, 2.05) is 20.8 Å². The van der Waals surface area contributed by atoms with E-state index in [0.717, 1.165) is 26.0 Å². The number of amides is 1. The molecule has 1 saturated heterocycles. The van der Waals surface area contributed by atoms with Gasteiger partial charge in [-0.15, -0.1) is 0 Å². The smallest absolute Gasteiger partial charge is 0.219 e. The third kappa shape index (κ3) is 6.39. The van der Waals surface area contributed by atoms with E-state index in [2.05, 4.69) is 10.2 Å². The zero-order chi connectivity index (χ0) is 14.7. The second-order valence-electron chi connectivity index (χ2n) is 4.82. The van der Waals surface area contributed by atoms with E-state index < -0.39 is 0 Å². The van der Waals surface area contributed by atoms with E-state index in [0.29, 0.717) is 12.5 Å². The molecule has 4 heteroatoms. The van der Waals surface area contributed by atoms with E-state index in [4.69, 9.17) is 5.11 Å². The molecule has 2 fully saturated rings. The average molecular weight is 272 g/mol. The second kappa shape index (κ2) is 11.2. The first-order valence-electron chi connectivity index (χ1n) is 7.77. The summed E-state index contributed by atoms with van der Waals surface area (Å²) in [6, 6.07) is 1.31. The summed E-state index contributed by atoms with van der Waals surface area (Å²) in [4.78, 5) is 13.8. The summed E-state index contributed by atoms with van der Waals surface area (Å²) >= 11 is 0. The van der Waals surface area contributed by atoms with Crippen LogP contribution in [0.3, 0.4) is 0 Å². The lowest BCUT2D eigenvalue weighted by Gasteiger charge is -2.41. The molecule has 114 valence electrons. The minimum atomic E-state index is 0.206. The van der Waals surface area contributed by atoms with Crippen LogP contribution in [0.25, 0.3) is 0 Å². The van der Waals surface area contributed by atoms with Crippen molar-refractivity contribution >= 4 is 5.91 Å². The molecule has 0 bridgehead atoms. The fourth-order valence-electron chi connectivity index (χ4n) is 2.49. The number of carbonyl (C=O) groups excluding carboxylic acids is 1. The molecular formula is C15H32N2O2. The highest BCUT2D eigenvalue weighted by Crippen LogP contribution is 2.27. The van der Waals surface area contributed by atoms with Gasteiger partial charge in [0.2, 0.25) is 5.91 Å². The van der Waals surface area contributed by atoms with Gasteiger partial charge in [0.25, 0.3) is 0 Å². The van der Waals surface area contributed by atoms with Crippen molar-refractivity contribution in [3.8, 4) is 0 Å². The number of hydrogen-bond acceptors (Lipinski definition) is 3. The lowest BCUT2D eigenvalue weighted by atomic mass is 9.89. The number of nitrogens with zero attached hydrogens (tertiary/aromatic N) is 1. The summed E-state index contributed by atoms with van der Waals surface area (Å²) in [5.74, 6) is 0.206. The Morgan fingerprint density at radius 3 is 2.05 bits per heavy atom. The summed E-state index contributed by atoms with van der Waals surface area (Å²) in [6.07, 6.45) is 7.10. The number of carbonyl (C=O) groups is 1. The molecule has 1 aliphatic heterocycles. The Labute approximate surface area is 118 Å². The summed E-state index contributed by atoms with van der Waals surface area (Å²) in [5, 5.41) is 10.1. The Hall–Kier alpha value is -0.610. The van der Waals surface area contributed by atoms with Crippen LogP contribution in [-0.4, -0.2) is 48.2 Å². The normalized spacial score (nSPS) is 20.3. The largest absolute Gasteiger partial charge is 0.400 e. The van der Waals surface area contributed by atoms with Gasteiger partial charge in [0.1, 0.15) is 0 Å².